The van der Waals surface area contributed by atoms with Crippen molar-refractivity contribution in [2.75, 3.05) is 13.1 Å². The summed E-state index contributed by atoms with van der Waals surface area (Å²) in [6.07, 6.45) is 3.66. The zero-order valence-corrected chi connectivity index (χ0v) is 14.3. The molecule has 0 bridgehead atoms. The molecule has 126 valence electrons. The predicted octanol–water partition coefficient (Wildman–Crippen LogP) is 2.24. The summed E-state index contributed by atoms with van der Waals surface area (Å²) in [4.78, 5) is 17.1. The molecule has 1 aliphatic heterocycles. The number of nitrogens with zero attached hydrogens (tertiary/aromatic N) is 2. The minimum Gasteiger partial charge on any atom is -0.340 e. The molecule has 1 saturated carbocycles. The van der Waals surface area contributed by atoms with Gasteiger partial charge in [-0.2, -0.15) is 0 Å². The zero-order chi connectivity index (χ0) is 16.4. The molecular weight excluding hydrogens is 286 g/mol. The Morgan fingerprint density at radius 2 is 1.91 bits per heavy atom. The van der Waals surface area contributed by atoms with Gasteiger partial charge in [-0.15, -0.1) is 0 Å². The third kappa shape index (κ3) is 3.93. The quantitative estimate of drug-likeness (QED) is 0.876. The van der Waals surface area contributed by atoms with Gasteiger partial charge < -0.3 is 10.6 Å². The molecule has 0 aromatic heterocycles. The Labute approximate surface area is 139 Å². The van der Waals surface area contributed by atoms with Crippen molar-refractivity contribution < 1.29 is 4.79 Å². The number of hydrogen-bond donors (Lipinski definition) is 1. The lowest BCUT2D eigenvalue weighted by atomic mass is 10.0. The van der Waals surface area contributed by atoms with Gasteiger partial charge in [0, 0.05) is 31.7 Å². The number of nitrogens with two attached hydrogens (primary N) is 1. The molecule has 0 radical (unpaired) electrons. The highest BCUT2D eigenvalue weighted by molar-refractivity contribution is 5.82. The minimum absolute atomic E-state index is 0.123. The van der Waals surface area contributed by atoms with E-state index in [9.17, 15) is 4.79 Å². The lowest BCUT2D eigenvalue weighted by Crippen LogP contribution is -2.47. The molecule has 2 aliphatic rings. The van der Waals surface area contributed by atoms with E-state index < -0.39 is 0 Å². The average molecular weight is 315 g/mol. The fourth-order valence-corrected chi connectivity index (χ4v) is 3.47. The Morgan fingerprint density at radius 1 is 1.22 bits per heavy atom. The molecule has 1 saturated heterocycles. The van der Waals surface area contributed by atoms with Crippen LogP contribution in [0.2, 0.25) is 0 Å². The number of amides is 1. The largest absolute Gasteiger partial charge is 0.340 e. The summed E-state index contributed by atoms with van der Waals surface area (Å²) >= 11 is 0. The Hall–Kier alpha value is -1.39. The summed E-state index contributed by atoms with van der Waals surface area (Å²) in [5.74, 6) is 0.323. The molecule has 3 rings (SSSR count). The van der Waals surface area contributed by atoms with Crippen molar-refractivity contribution in [1.29, 1.82) is 0 Å². The lowest BCUT2D eigenvalue weighted by Gasteiger charge is -2.30. The van der Waals surface area contributed by atoms with Crippen molar-refractivity contribution >= 4 is 5.91 Å². The molecule has 1 heterocycles. The van der Waals surface area contributed by atoms with Crippen molar-refractivity contribution in [3.8, 4) is 0 Å². The second-order valence-electron chi connectivity index (χ2n) is 7.39. The SMILES string of the molecule is CC(C)[C@H](N)C(=O)N1CCC(N(Cc2ccccc2)C2CC2)C1. The Balaban J connectivity index is 1.62. The van der Waals surface area contributed by atoms with Crippen LogP contribution < -0.4 is 5.73 Å². The highest BCUT2D eigenvalue weighted by Gasteiger charge is 2.39. The average Bonchev–Trinajstić information content (AvgIpc) is 3.28. The second kappa shape index (κ2) is 7.02. The van der Waals surface area contributed by atoms with Gasteiger partial charge in [-0.25, -0.2) is 0 Å². The van der Waals surface area contributed by atoms with Crippen molar-refractivity contribution in [3.63, 3.8) is 0 Å². The third-order valence-corrected chi connectivity index (χ3v) is 5.17. The second-order valence-corrected chi connectivity index (χ2v) is 7.39. The van der Waals surface area contributed by atoms with Crippen LogP contribution in [-0.2, 0) is 11.3 Å². The van der Waals surface area contributed by atoms with Crippen LogP contribution in [0.4, 0.5) is 0 Å². The molecule has 1 aromatic rings. The van der Waals surface area contributed by atoms with E-state index in [1.54, 1.807) is 0 Å². The molecule has 0 spiro atoms. The molecule has 2 atom stereocenters. The summed E-state index contributed by atoms with van der Waals surface area (Å²) in [6, 6.07) is 11.5. The molecule has 1 aliphatic carbocycles. The zero-order valence-electron chi connectivity index (χ0n) is 14.3. The fourth-order valence-electron chi connectivity index (χ4n) is 3.47. The van der Waals surface area contributed by atoms with Gasteiger partial charge in [0.1, 0.15) is 0 Å². The molecule has 4 heteroatoms. The van der Waals surface area contributed by atoms with Crippen LogP contribution in [0.25, 0.3) is 0 Å². The van der Waals surface area contributed by atoms with Crippen molar-refractivity contribution in [1.82, 2.24) is 9.80 Å². The van der Waals surface area contributed by atoms with Gasteiger partial charge in [0.2, 0.25) is 5.91 Å². The number of benzene rings is 1. The standard InChI is InChI=1S/C19H29N3O/c1-14(2)18(20)19(23)21-11-10-17(13-21)22(16-8-9-16)12-15-6-4-3-5-7-15/h3-7,14,16-18H,8-13,20H2,1-2H3/t17?,18-/m0/s1. The molecular formula is C19H29N3O. The minimum atomic E-state index is -0.364. The van der Waals surface area contributed by atoms with E-state index in [2.05, 4.69) is 35.2 Å². The highest BCUT2D eigenvalue weighted by Crippen LogP contribution is 2.33. The fraction of sp³-hybridized carbons (Fsp3) is 0.632. The Morgan fingerprint density at radius 3 is 2.52 bits per heavy atom. The van der Waals surface area contributed by atoms with Gasteiger partial charge in [0.25, 0.3) is 0 Å². The summed E-state index contributed by atoms with van der Waals surface area (Å²) in [5, 5.41) is 0. The van der Waals surface area contributed by atoms with Crippen LogP contribution in [-0.4, -0.2) is 46.9 Å². The number of rotatable bonds is 6. The van der Waals surface area contributed by atoms with Crippen LogP contribution in [0.3, 0.4) is 0 Å². The van der Waals surface area contributed by atoms with Gasteiger partial charge in [-0.05, 0) is 30.7 Å². The number of hydrogen-bond acceptors (Lipinski definition) is 3. The van der Waals surface area contributed by atoms with Crippen LogP contribution in [0.1, 0.15) is 38.7 Å². The van der Waals surface area contributed by atoms with Crippen molar-refractivity contribution in [2.24, 2.45) is 11.7 Å². The molecule has 1 amide bonds. The van der Waals surface area contributed by atoms with E-state index >= 15 is 0 Å². The first kappa shape index (κ1) is 16.5. The van der Waals surface area contributed by atoms with Crippen LogP contribution in [0, 0.1) is 5.92 Å². The topological polar surface area (TPSA) is 49.6 Å². The van der Waals surface area contributed by atoms with E-state index in [1.165, 1.54) is 18.4 Å². The first-order valence-corrected chi connectivity index (χ1v) is 8.90. The van der Waals surface area contributed by atoms with E-state index in [-0.39, 0.29) is 17.9 Å². The van der Waals surface area contributed by atoms with E-state index in [0.29, 0.717) is 12.1 Å². The van der Waals surface area contributed by atoms with Gasteiger partial charge >= 0.3 is 0 Å². The molecule has 2 fully saturated rings. The Kier molecular flexibility index (Phi) is 5.02. The monoisotopic (exact) mass is 315 g/mol. The van der Waals surface area contributed by atoms with Crippen molar-refractivity contribution in [3.05, 3.63) is 35.9 Å². The molecule has 2 N–H and O–H groups in total. The first-order chi connectivity index (χ1) is 11.1. The normalized spacial score (nSPS) is 22.8. The maximum absolute atomic E-state index is 12.5. The van der Waals surface area contributed by atoms with Gasteiger partial charge in [0.15, 0.2) is 0 Å². The number of carbonyl (C=O) groups is 1. The van der Waals surface area contributed by atoms with Gasteiger partial charge in [-0.3, -0.25) is 9.69 Å². The number of carbonyl (C=O) groups excluding carboxylic acids is 1. The van der Waals surface area contributed by atoms with Crippen LogP contribution in [0.15, 0.2) is 30.3 Å². The lowest BCUT2D eigenvalue weighted by molar-refractivity contribution is -0.132. The third-order valence-electron chi connectivity index (χ3n) is 5.17. The Bertz CT molecular complexity index is 527. The maximum atomic E-state index is 12.5. The molecule has 1 aromatic carbocycles. The van der Waals surface area contributed by atoms with E-state index in [0.717, 1.165) is 26.1 Å². The summed E-state index contributed by atoms with van der Waals surface area (Å²) in [6.45, 7) is 6.71. The summed E-state index contributed by atoms with van der Waals surface area (Å²) in [5.41, 5.74) is 7.42. The van der Waals surface area contributed by atoms with Crippen LogP contribution >= 0.6 is 0 Å². The first-order valence-electron chi connectivity index (χ1n) is 8.90. The number of likely N-dealkylation sites (tertiary alicyclic amines) is 1. The molecule has 23 heavy (non-hydrogen) atoms. The van der Waals surface area contributed by atoms with E-state index in [4.69, 9.17) is 5.73 Å². The molecule has 1 unspecified atom stereocenters. The maximum Gasteiger partial charge on any atom is 0.239 e. The molecule has 4 nitrogen and oxygen atoms in total. The van der Waals surface area contributed by atoms with Crippen molar-refractivity contribution in [2.45, 2.75) is 57.8 Å². The smallest absolute Gasteiger partial charge is 0.239 e. The van der Waals surface area contributed by atoms with Gasteiger partial charge in [0.05, 0.1) is 6.04 Å². The summed E-state index contributed by atoms with van der Waals surface area (Å²) < 4.78 is 0. The summed E-state index contributed by atoms with van der Waals surface area (Å²) in [7, 11) is 0. The van der Waals surface area contributed by atoms with Crippen LogP contribution in [0.5, 0.6) is 0 Å². The van der Waals surface area contributed by atoms with Gasteiger partial charge in [-0.1, -0.05) is 44.2 Å². The highest BCUT2D eigenvalue weighted by atomic mass is 16.2. The predicted molar refractivity (Wildman–Crippen MR) is 92.8 cm³/mol. The van der Waals surface area contributed by atoms with E-state index in [1.807, 2.05) is 18.7 Å².